The van der Waals surface area contributed by atoms with Crippen molar-refractivity contribution >= 4 is 11.8 Å². The number of hydrogen-bond acceptors (Lipinski definition) is 4. The van der Waals surface area contributed by atoms with Crippen molar-refractivity contribution in [2.24, 2.45) is 0 Å². The van der Waals surface area contributed by atoms with Crippen LogP contribution >= 0.6 is 0 Å². The van der Waals surface area contributed by atoms with Crippen LogP contribution in [-0.2, 0) is 20.8 Å². The Bertz CT molecular complexity index is 608. The number of nitrogens with zero attached hydrogens (tertiary/aromatic N) is 2. The molecule has 1 spiro atoms. The van der Waals surface area contributed by atoms with Gasteiger partial charge in [0.05, 0.1) is 20.0 Å². The summed E-state index contributed by atoms with van der Waals surface area (Å²) in [5, 5.41) is 1.33. The third-order valence-electron chi connectivity index (χ3n) is 4.67. The quantitative estimate of drug-likeness (QED) is 0.845. The van der Waals surface area contributed by atoms with Gasteiger partial charge in [-0.15, -0.1) is 0 Å². The Labute approximate surface area is 135 Å². The number of likely N-dealkylation sites (tertiary alicyclic amines) is 1. The van der Waals surface area contributed by atoms with Crippen LogP contribution in [-0.4, -0.2) is 54.6 Å². The zero-order chi connectivity index (χ0) is 16.4. The van der Waals surface area contributed by atoms with Gasteiger partial charge in [-0.3, -0.25) is 14.4 Å². The van der Waals surface area contributed by atoms with Crippen LogP contribution in [0.3, 0.4) is 0 Å². The summed E-state index contributed by atoms with van der Waals surface area (Å²) in [6.07, 6.45) is 2.19. The molecule has 1 aromatic carbocycles. The van der Waals surface area contributed by atoms with Crippen LogP contribution in [0.15, 0.2) is 24.3 Å². The molecule has 1 aromatic rings. The molecule has 3 rings (SSSR count). The Morgan fingerprint density at radius 2 is 2.09 bits per heavy atom. The second-order valence-electron chi connectivity index (χ2n) is 6.25. The highest BCUT2D eigenvalue weighted by Crippen LogP contribution is 2.35. The number of carbonyl (C=O) groups excluding carboxylic acids is 2. The average Bonchev–Trinajstić information content (AvgIpc) is 2.82. The van der Waals surface area contributed by atoms with Crippen LogP contribution in [0.4, 0.5) is 0 Å². The minimum Gasteiger partial charge on any atom is -0.497 e. The lowest BCUT2D eigenvalue weighted by Gasteiger charge is -2.37. The topological polar surface area (TPSA) is 59.1 Å². The molecule has 2 saturated heterocycles. The number of hydrogen-bond donors (Lipinski definition) is 0. The van der Waals surface area contributed by atoms with Crippen LogP contribution in [0.25, 0.3) is 0 Å². The van der Waals surface area contributed by atoms with Gasteiger partial charge in [-0.2, -0.15) is 0 Å². The molecule has 0 atom stereocenters. The fourth-order valence-electron chi connectivity index (χ4n) is 3.26. The van der Waals surface area contributed by atoms with E-state index in [-0.39, 0.29) is 11.8 Å². The molecule has 0 unspecified atom stereocenters. The van der Waals surface area contributed by atoms with Gasteiger partial charge in [-0.05, 0) is 30.5 Å². The van der Waals surface area contributed by atoms with Crippen LogP contribution in [0.1, 0.15) is 24.8 Å². The molecule has 0 aromatic heterocycles. The van der Waals surface area contributed by atoms with Gasteiger partial charge in [0.15, 0.2) is 0 Å². The van der Waals surface area contributed by atoms with Crippen molar-refractivity contribution < 1.29 is 19.2 Å². The number of piperidine rings is 1. The first-order valence-electron chi connectivity index (χ1n) is 7.88. The number of carbonyl (C=O) groups is 2. The maximum absolute atomic E-state index is 12.5. The summed E-state index contributed by atoms with van der Waals surface area (Å²) in [5.41, 5.74) is 0.542. The minimum atomic E-state index is -0.404. The third-order valence-corrected chi connectivity index (χ3v) is 4.67. The fourth-order valence-corrected chi connectivity index (χ4v) is 3.26. The van der Waals surface area contributed by atoms with E-state index in [1.807, 2.05) is 29.2 Å². The fraction of sp³-hybridized carbons (Fsp3) is 0.529. The number of benzene rings is 1. The summed E-state index contributed by atoms with van der Waals surface area (Å²) in [5.74, 6) is 0.876. The van der Waals surface area contributed by atoms with E-state index in [4.69, 9.17) is 9.57 Å². The SMILES string of the molecule is COc1cccc(CC(=O)N2CCC3(CC2)CC(=O)N(C)O3)c1. The van der Waals surface area contributed by atoms with Gasteiger partial charge in [-0.25, -0.2) is 5.06 Å². The molecular weight excluding hydrogens is 296 g/mol. The predicted octanol–water partition coefficient (Wildman–Crippen LogP) is 1.39. The van der Waals surface area contributed by atoms with Gasteiger partial charge in [-0.1, -0.05) is 12.1 Å². The second-order valence-corrected chi connectivity index (χ2v) is 6.25. The first-order chi connectivity index (χ1) is 11.0. The zero-order valence-corrected chi connectivity index (χ0v) is 13.6. The van der Waals surface area contributed by atoms with Crippen LogP contribution < -0.4 is 4.74 Å². The van der Waals surface area contributed by atoms with Gasteiger partial charge < -0.3 is 9.64 Å². The van der Waals surface area contributed by atoms with Crippen molar-refractivity contribution in [3.63, 3.8) is 0 Å². The average molecular weight is 318 g/mol. The van der Waals surface area contributed by atoms with E-state index >= 15 is 0 Å². The molecule has 0 radical (unpaired) electrons. The lowest BCUT2D eigenvalue weighted by atomic mass is 9.88. The largest absolute Gasteiger partial charge is 0.497 e. The van der Waals surface area contributed by atoms with Gasteiger partial charge >= 0.3 is 0 Å². The summed E-state index contributed by atoms with van der Waals surface area (Å²) in [7, 11) is 3.27. The number of amides is 2. The Hall–Kier alpha value is -2.08. The van der Waals surface area contributed by atoms with Crippen molar-refractivity contribution in [3.05, 3.63) is 29.8 Å². The summed E-state index contributed by atoms with van der Waals surface area (Å²) >= 11 is 0. The highest BCUT2D eigenvalue weighted by molar-refractivity contribution is 5.80. The first-order valence-corrected chi connectivity index (χ1v) is 7.88. The van der Waals surface area contributed by atoms with E-state index < -0.39 is 5.60 Å². The molecule has 0 bridgehead atoms. The summed E-state index contributed by atoms with van der Waals surface area (Å²) in [6, 6.07) is 7.57. The van der Waals surface area contributed by atoms with E-state index in [0.29, 0.717) is 38.8 Å². The monoisotopic (exact) mass is 318 g/mol. The standard InChI is InChI=1S/C17H22N2O4/c1-18-16(21)12-17(23-18)6-8-19(9-7-17)15(20)11-13-4-3-5-14(10-13)22-2/h3-5,10H,6-9,11-12H2,1-2H3. The molecular formula is C17H22N2O4. The Morgan fingerprint density at radius 3 is 2.70 bits per heavy atom. The Kier molecular flexibility index (Phi) is 4.26. The highest BCUT2D eigenvalue weighted by atomic mass is 16.7. The van der Waals surface area contributed by atoms with Gasteiger partial charge in [0.25, 0.3) is 0 Å². The van der Waals surface area contributed by atoms with E-state index in [0.717, 1.165) is 11.3 Å². The molecule has 124 valence electrons. The van der Waals surface area contributed by atoms with E-state index in [9.17, 15) is 9.59 Å². The molecule has 6 heteroatoms. The summed E-state index contributed by atoms with van der Waals surface area (Å²) in [4.78, 5) is 31.7. The van der Waals surface area contributed by atoms with Crippen molar-refractivity contribution in [1.29, 1.82) is 0 Å². The molecule has 6 nitrogen and oxygen atoms in total. The predicted molar refractivity (Wildman–Crippen MR) is 83.7 cm³/mol. The van der Waals surface area contributed by atoms with Crippen molar-refractivity contribution in [3.8, 4) is 5.75 Å². The van der Waals surface area contributed by atoms with Gasteiger partial charge in [0.2, 0.25) is 11.8 Å². The van der Waals surface area contributed by atoms with Crippen LogP contribution in [0.5, 0.6) is 5.75 Å². The molecule has 2 fully saturated rings. The molecule has 0 N–H and O–H groups in total. The van der Waals surface area contributed by atoms with Crippen LogP contribution in [0.2, 0.25) is 0 Å². The van der Waals surface area contributed by atoms with Crippen molar-refractivity contribution in [1.82, 2.24) is 9.96 Å². The minimum absolute atomic E-state index is 0.0150. The highest BCUT2D eigenvalue weighted by Gasteiger charge is 2.46. The van der Waals surface area contributed by atoms with Crippen molar-refractivity contribution in [2.75, 3.05) is 27.2 Å². The van der Waals surface area contributed by atoms with Gasteiger partial charge in [0, 0.05) is 20.1 Å². The van der Waals surface area contributed by atoms with Gasteiger partial charge in [0.1, 0.15) is 11.4 Å². The van der Waals surface area contributed by atoms with E-state index in [1.54, 1.807) is 14.2 Å². The molecule has 0 saturated carbocycles. The lowest BCUT2D eigenvalue weighted by molar-refractivity contribution is -0.199. The molecule has 2 aliphatic rings. The number of rotatable bonds is 3. The summed E-state index contributed by atoms with van der Waals surface area (Å²) < 4.78 is 5.19. The molecule has 2 amide bonds. The molecule has 0 aliphatic carbocycles. The second kappa shape index (κ2) is 6.20. The van der Waals surface area contributed by atoms with Crippen molar-refractivity contribution in [2.45, 2.75) is 31.3 Å². The van der Waals surface area contributed by atoms with E-state index in [1.165, 1.54) is 5.06 Å². The Morgan fingerprint density at radius 1 is 1.35 bits per heavy atom. The smallest absolute Gasteiger partial charge is 0.248 e. The zero-order valence-electron chi connectivity index (χ0n) is 13.6. The third kappa shape index (κ3) is 3.32. The Balaban J connectivity index is 1.57. The number of methoxy groups -OCH3 is 1. The maximum Gasteiger partial charge on any atom is 0.248 e. The number of hydroxylamine groups is 2. The van der Waals surface area contributed by atoms with E-state index in [2.05, 4.69) is 0 Å². The van der Waals surface area contributed by atoms with Crippen LogP contribution in [0, 0.1) is 0 Å². The summed E-state index contributed by atoms with van der Waals surface area (Å²) in [6.45, 7) is 1.26. The molecule has 2 heterocycles. The molecule has 23 heavy (non-hydrogen) atoms. The number of ether oxygens (including phenoxy) is 1. The lowest BCUT2D eigenvalue weighted by Crippen LogP contribution is -2.47. The first kappa shape index (κ1) is 15.8. The molecule has 2 aliphatic heterocycles. The maximum atomic E-state index is 12.5. The normalized spacial score (nSPS) is 20.2.